The lowest BCUT2D eigenvalue weighted by atomic mass is 9.95. The van der Waals surface area contributed by atoms with Crippen molar-refractivity contribution in [2.24, 2.45) is 0 Å². The van der Waals surface area contributed by atoms with Gasteiger partial charge in [-0.05, 0) is 43.9 Å². The summed E-state index contributed by atoms with van der Waals surface area (Å²) in [6, 6.07) is 4.62. The average molecular weight is 655 g/mol. The number of alkyl halides is 1. The maximum atomic E-state index is 17.1. The lowest BCUT2D eigenvalue weighted by Crippen LogP contribution is -2.43. The summed E-state index contributed by atoms with van der Waals surface area (Å²) < 4.78 is 59.3. The highest BCUT2D eigenvalue weighted by Gasteiger charge is 2.49. The third kappa shape index (κ3) is 4.42. The molecule has 4 aliphatic heterocycles. The summed E-state index contributed by atoms with van der Waals surface area (Å²) in [5.41, 5.74) is 5.79. The zero-order chi connectivity index (χ0) is 31.0. The van der Waals surface area contributed by atoms with Crippen LogP contribution in [0.25, 0.3) is 32.1 Å². The molecular formula is C32H30ClF3N6O2S. The second-order valence-electron chi connectivity index (χ2n) is 12.5. The van der Waals surface area contributed by atoms with Crippen molar-refractivity contribution in [2.45, 2.75) is 62.7 Å². The van der Waals surface area contributed by atoms with Crippen LogP contribution in [0.5, 0.6) is 11.8 Å². The molecule has 0 aliphatic carbocycles. The summed E-state index contributed by atoms with van der Waals surface area (Å²) in [6.07, 6.45) is 5.07. The van der Waals surface area contributed by atoms with Crippen LogP contribution in [0.15, 0.2) is 12.1 Å². The zero-order valence-electron chi connectivity index (χ0n) is 24.3. The number of aromatic nitrogens is 2. The standard InChI is InChI=1S/C32H30ClF3N6O2S/c33-24-22(18-6-7-20(35)28-21(18)19(12-37)29(38)45-28)25(36)26-23-27(24)43-14-17-5-2-1-3-10-42(17)30(23)40-31(39-26)44-15-32-8-4-9-41(32)13-16(34)11-32/h6-7,16-17H,1-5,8-11,13-15,38H2/t16-,17?,32?/m1/s1. The third-order valence-corrected chi connectivity index (χ3v) is 11.3. The molecule has 0 bridgehead atoms. The number of nitrogen functional groups attached to an aromatic ring is 1. The summed E-state index contributed by atoms with van der Waals surface area (Å²) in [5, 5.41) is 10.5. The summed E-state index contributed by atoms with van der Waals surface area (Å²) in [7, 11) is 0. The Morgan fingerprint density at radius 1 is 1.18 bits per heavy atom. The summed E-state index contributed by atoms with van der Waals surface area (Å²) >= 11 is 7.95. The molecule has 3 atom stereocenters. The van der Waals surface area contributed by atoms with E-state index in [1.807, 2.05) is 6.07 Å². The Bertz CT molecular complexity index is 1920. The van der Waals surface area contributed by atoms with E-state index in [1.54, 1.807) is 0 Å². The van der Waals surface area contributed by atoms with Crippen LogP contribution in [0.2, 0.25) is 5.02 Å². The highest BCUT2D eigenvalue weighted by molar-refractivity contribution is 7.23. The first-order chi connectivity index (χ1) is 21.8. The molecule has 4 aromatic rings. The molecule has 0 amide bonds. The number of halogens is 4. The molecule has 0 saturated carbocycles. The van der Waals surface area contributed by atoms with Gasteiger partial charge in [-0.1, -0.05) is 30.5 Å². The van der Waals surface area contributed by atoms with Crippen molar-refractivity contribution < 1.29 is 22.6 Å². The van der Waals surface area contributed by atoms with Gasteiger partial charge in [0, 0.05) is 30.5 Å². The van der Waals surface area contributed by atoms with E-state index < -0.39 is 23.3 Å². The second kappa shape index (κ2) is 10.8. The highest BCUT2D eigenvalue weighted by Crippen LogP contribution is 2.51. The quantitative estimate of drug-likeness (QED) is 0.251. The van der Waals surface area contributed by atoms with E-state index >= 15 is 4.39 Å². The Morgan fingerprint density at radius 3 is 2.89 bits per heavy atom. The van der Waals surface area contributed by atoms with Crippen molar-refractivity contribution in [3.8, 4) is 29.0 Å². The van der Waals surface area contributed by atoms with E-state index in [-0.39, 0.29) is 66.7 Å². The van der Waals surface area contributed by atoms with E-state index in [0.717, 1.165) is 56.4 Å². The highest BCUT2D eigenvalue weighted by atomic mass is 35.5. The minimum absolute atomic E-state index is 0.00852. The molecule has 45 heavy (non-hydrogen) atoms. The number of benzene rings is 2. The first-order valence-electron chi connectivity index (χ1n) is 15.3. The molecule has 3 fully saturated rings. The average Bonchev–Trinajstić information content (AvgIpc) is 3.55. The maximum absolute atomic E-state index is 17.1. The Morgan fingerprint density at radius 2 is 2.04 bits per heavy atom. The molecule has 2 aromatic carbocycles. The van der Waals surface area contributed by atoms with Gasteiger partial charge in [0.05, 0.1) is 32.3 Å². The van der Waals surface area contributed by atoms with E-state index in [0.29, 0.717) is 37.3 Å². The first-order valence-corrected chi connectivity index (χ1v) is 16.5. The molecule has 3 saturated heterocycles. The molecule has 234 valence electrons. The largest absolute Gasteiger partial charge is 0.489 e. The van der Waals surface area contributed by atoms with E-state index in [1.165, 1.54) is 12.1 Å². The topological polar surface area (TPSA) is 101 Å². The number of nitrogens with zero attached hydrogens (tertiary/aromatic N) is 5. The Hall–Kier alpha value is -3.53. The fraction of sp³-hybridized carbons (Fsp3) is 0.469. The smallest absolute Gasteiger partial charge is 0.319 e. The van der Waals surface area contributed by atoms with Gasteiger partial charge < -0.3 is 20.1 Å². The number of hydrogen-bond donors (Lipinski definition) is 1. The van der Waals surface area contributed by atoms with Crippen LogP contribution in [-0.2, 0) is 0 Å². The van der Waals surface area contributed by atoms with Crippen molar-refractivity contribution >= 4 is 54.7 Å². The van der Waals surface area contributed by atoms with E-state index in [2.05, 4.69) is 14.8 Å². The minimum Gasteiger partial charge on any atom is -0.489 e. The fourth-order valence-corrected chi connectivity index (χ4v) is 9.13. The Balaban J connectivity index is 1.35. The number of anilines is 2. The van der Waals surface area contributed by atoms with Gasteiger partial charge in [-0.3, -0.25) is 4.90 Å². The van der Waals surface area contributed by atoms with Crippen LogP contribution in [0.3, 0.4) is 0 Å². The number of nitrogens with two attached hydrogens (primary N) is 1. The zero-order valence-corrected chi connectivity index (χ0v) is 25.9. The molecule has 4 aliphatic rings. The van der Waals surface area contributed by atoms with Crippen LogP contribution in [0.1, 0.15) is 50.5 Å². The molecule has 2 unspecified atom stereocenters. The van der Waals surface area contributed by atoms with Crippen LogP contribution in [0, 0.1) is 23.0 Å². The van der Waals surface area contributed by atoms with Gasteiger partial charge in [0.1, 0.15) is 47.6 Å². The van der Waals surface area contributed by atoms with Gasteiger partial charge >= 0.3 is 6.01 Å². The van der Waals surface area contributed by atoms with Crippen molar-refractivity contribution in [3.05, 3.63) is 34.4 Å². The van der Waals surface area contributed by atoms with Crippen LogP contribution in [0.4, 0.5) is 24.0 Å². The number of nitriles is 1. The van der Waals surface area contributed by atoms with Crippen molar-refractivity contribution in [2.75, 3.05) is 43.5 Å². The number of rotatable bonds is 4. The van der Waals surface area contributed by atoms with Gasteiger partial charge in [-0.15, -0.1) is 11.3 Å². The number of thiophene rings is 1. The van der Waals surface area contributed by atoms with Gasteiger partial charge in [-0.2, -0.15) is 15.2 Å². The van der Waals surface area contributed by atoms with Crippen LogP contribution < -0.4 is 20.1 Å². The normalized spacial score (nSPS) is 24.6. The van der Waals surface area contributed by atoms with Gasteiger partial charge in [0.25, 0.3) is 0 Å². The van der Waals surface area contributed by atoms with Gasteiger partial charge in [0.2, 0.25) is 0 Å². The first kappa shape index (κ1) is 28.9. The van der Waals surface area contributed by atoms with Gasteiger partial charge in [-0.25, -0.2) is 13.2 Å². The lowest BCUT2D eigenvalue weighted by molar-refractivity contribution is 0.107. The molecule has 13 heteroatoms. The maximum Gasteiger partial charge on any atom is 0.319 e. The number of ether oxygens (including phenoxy) is 2. The van der Waals surface area contributed by atoms with Crippen molar-refractivity contribution in [1.82, 2.24) is 14.9 Å². The van der Waals surface area contributed by atoms with Crippen LogP contribution >= 0.6 is 22.9 Å². The predicted octanol–water partition coefficient (Wildman–Crippen LogP) is 6.99. The predicted molar refractivity (Wildman–Crippen MR) is 168 cm³/mol. The van der Waals surface area contributed by atoms with Crippen LogP contribution in [-0.4, -0.2) is 65.5 Å². The van der Waals surface area contributed by atoms with Crippen molar-refractivity contribution in [3.63, 3.8) is 0 Å². The summed E-state index contributed by atoms with van der Waals surface area (Å²) in [4.78, 5) is 13.7. The molecular weight excluding hydrogens is 625 g/mol. The number of hydrogen-bond acceptors (Lipinski definition) is 9. The molecule has 0 spiro atoms. The molecule has 2 aromatic heterocycles. The molecule has 2 N–H and O–H groups in total. The minimum atomic E-state index is -0.923. The third-order valence-electron chi connectivity index (χ3n) is 9.94. The van der Waals surface area contributed by atoms with Crippen molar-refractivity contribution in [1.29, 1.82) is 5.26 Å². The fourth-order valence-electron chi connectivity index (χ4n) is 7.84. The number of fused-ring (bicyclic) bond motifs is 4. The summed E-state index contributed by atoms with van der Waals surface area (Å²) in [5.74, 6) is -0.627. The Kier molecular flexibility index (Phi) is 6.93. The molecule has 6 heterocycles. The second-order valence-corrected chi connectivity index (χ2v) is 13.9. The lowest BCUT2D eigenvalue weighted by Gasteiger charge is -2.31. The molecule has 0 radical (unpaired) electrons. The summed E-state index contributed by atoms with van der Waals surface area (Å²) in [6.45, 7) is 2.37. The Labute approximate surface area is 266 Å². The van der Waals surface area contributed by atoms with E-state index in [4.69, 9.17) is 31.8 Å². The molecule has 8 nitrogen and oxygen atoms in total. The van der Waals surface area contributed by atoms with Gasteiger partial charge in [0.15, 0.2) is 11.6 Å². The van der Waals surface area contributed by atoms with E-state index in [9.17, 15) is 14.0 Å². The molecule has 8 rings (SSSR count). The SMILES string of the molecule is N#Cc1c(N)sc2c(F)ccc(-c3c(Cl)c4c5c(nc(OCC67CCCN6C[C@H](F)C7)nc5c3F)N3CCCCCC3CO4)c12. The monoisotopic (exact) mass is 654 g/mol.